The van der Waals surface area contributed by atoms with Crippen LogP contribution in [-0.2, 0) is 11.3 Å². The molecule has 3 aromatic rings. The Bertz CT molecular complexity index is 1040. The summed E-state index contributed by atoms with van der Waals surface area (Å²) in [6.45, 7) is 2.83. The summed E-state index contributed by atoms with van der Waals surface area (Å²) in [5, 5.41) is 3.62. The Balaban J connectivity index is 1.52. The van der Waals surface area contributed by atoms with Gasteiger partial charge in [0.05, 0.1) is 26.9 Å². The molecule has 158 valence electrons. The molecule has 0 radical (unpaired) electrons. The number of hydrogen-bond acceptors (Lipinski definition) is 9. The number of fused-ring (bicyclic) bond motifs is 1. The molecule has 0 spiro atoms. The van der Waals surface area contributed by atoms with E-state index >= 15 is 0 Å². The number of anilines is 2. The summed E-state index contributed by atoms with van der Waals surface area (Å²) in [5.74, 6) is 2.00. The van der Waals surface area contributed by atoms with Crippen molar-refractivity contribution in [2.24, 2.45) is 0 Å². The Hall–Kier alpha value is -3.40. The molecular weight excluding hydrogens is 388 g/mol. The largest absolute Gasteiger partial charge is 0.493 e. The van der Waals surface area contributed by atoms with E-state index in [9.17, 15) is 4.79 Å². The molecule has 0 aliphatic carbocycles. The van der Waals surface area contributed by atoms with Crippen LogP contribution in [0.5, 0.6) is 5.75 Å². The van der Waals surface area contributed by atoms with Gasteiger partial charge in [0.1, 0.15) is 0 Å². The highest BCUT2D eigenvalue weighted by atomic mass is 16.5. The van der Waals surface area contributed by atoms with E-state index < -0.39 is 0 Å². The van der Waals surface area contributed by atoms with Crippen molar-refractivity contribution in [2.45, 2.75) is 6.54 Å². The van der Waals surface area contributed by atoms with E-state index in [0.29, 0.717) is 55.4 Å². The molecule has 1 amide bonds. The molecule has 1 aliphatic heterocycles. The van der Waals surface area contributed by atoms with Crippen molar-refractivity contribution < 1.29 is 18.7 Å². The lowest BCUT2D eigenvalue weighted by atomic mass is 10.2. The van der Waals surface area contributed by atoms with E-state index in [1.807, 2.05) is 31.1 Å². The SMILES string of the molecule is COc1cccc2cc(C(=O)NCc3nc(N(C)C)nc(N4CCOCC4)n3)oc12. The van der Waals surface area contributed by atoms with Crippen LogP contribution in [0.15, 0.2) is 28.7 Å². The summed E-state index contributed by atoms with van der Waals surface area (Å²) in [4.78, 5) is 30.0. The van der Waals surface area contributed by atoms with Crippen LogP contribution in [0.25, 0.3) is 11.0 Å². The van der Waals surface area contributed by atoms with Crippen LogP contribution in [0.3, 0.4) is 0 Å². The maximum Gasteiger partial charge on any atom is 0.287 e. The van der Waals surface area contributed by atoms with Gasteiger partial charge in [-0.05, 0) is 12.1 Å². The average Bonchev–Trinajstić information content (AvgIpc) is 3.22. The molecule has 1 aromatic carbocycles. The number of rotatable bonds is 6. The fourth-order valence-electron chi connectivity index (χ4n) is 3.13. The molecule has 4 rings (SSSR count). The van der Waals surface area contributed by atoms with Gasteiger partial charge in [-0.2, -0.15) is 15.0 Å². The maximum atomic E-state index is 12.6. The van der Waals surface area contributed by atoms with E-state index in [0.717, 1.165) is 5.39 Å². The quantitative estimate of drug-likeness (QED) is 0.644. The van der Waals surface area contributed by atoms with Crippen LogP contribution in [0, 0.1) is 0 Å². The van der Waals surface area contributed by atoms with Crippen LogP contribution in [0.1, 0.15) is 16.4 Å². The van der Waals surface area contributed by atoms with E-state index in [1.54, 1.807) is 19.2 Å². The second-order valence-corrected chi connectivity index (χ2v) is 7.02. The van der Waals surface area contributed by atoms with Gasteiger partial charge in [0.15, 0.2) is 22.9 Å². The van der Waals surface area contributed by atoms with Crippen molar-refractivity contribution in [3.8, 4) is 5.75 Å². The van der Waals surface area contributed by atoms with Crippen molar-refractivity contribution >= 4 is 28.8 Å². The zero-order valence-electron chi connectivity index (χ0n) is 17.2. The van der Waals surface area contributed by atoms with E-state index in [2.05, 4.69) is 25.2 Å². The van der Waals surface area contributed by atoms with Gasteiger partial charge in [0.2, 0.25) is 11.9 Å². The van der Waals surface area contributed by atoms with Crippen LogP contribution in [-0.4, -0.2) is 68.4 Å². The van der Waals surface area contributed by atoms with E-state index in [1.165, 1.54) is 0 Å². The third-order valence-corrected chi connectivity index (χ3v) is 4.71. The summed E-state index contributed by atoms with van der Waals surface area (Å²) >= 11 is 0. The molecule has 0 saturated carbocycles. The molecule has 10 heteroatoms. The number of hydrogen-bond donors (Lipinski definition) is 1. The van der Waals surface area contributed by atoms with Crippen molar-refractivity contribution in [1.29, 1.82) is 0 Å². The Kier molecular flexibility index (Phi) is 5.66. The topological polar surface area (TPSA) is 106 Å². The second-order valence-electron chi connectivity index (χ2n) is 7.02. The number of methoxy groups -OCH3 is 1. The molecular formula is C20H24N6O4. The molecule has 1 aliphatic rings. The maximum absolute atomic E-state index is 12.6. The summed E-state index contributed by atoms with van der Waals surface area (Å²) in [5.41, 5.74) is 0.537. The number of aromatic nitrogens is 3. The molecule has 2 aromatic heterocycles. The first-order chi connectivity index (χ1) is 14.5. The lowest BCUT2D eigenvalue weighted by Gasteiger charge is -2.27. The third kappa shape index (κ3) is 4.13. The highest BCUT2D eigenvalue weighted by Gasteiger charge is 2.19. The van der Waals surface area contributed by atoms with Gasteiger partial charge in [0, 0.05) is 32.6 Å². The van der Waals surface area contributed by atoms with Gasteiger partial charge in [-0.1, -0.05) is 12.1 Å². The minimum absolute atomic E-state index is 0.147. The number of nitrogens with zero attached hydrogens (tertiary/aromatic N) is 5. The lowest BCUT2D eigenvalue weighted by Crippen LogP contribution is -2.38. The number of morpholine rings is 1. The third-order valence-electron chi connectivity index (χ3n) is 4.71. The zero-order chi connectivity index (χ0) is 21.1. The Morgan fingerprint density at radius 3 is 2.77 bits per heavy atom. The van der Waals surface area contributed by atoms with Crippen molar-refractivity contribution in [1.82, 2.24) is 20.3 Å². The Morgan fingerprint density at radius 2 is 2.03 bits per heavy atom. The molecule has 0 bridgehead atoms. The summed E-state index contributed by atoms with van der Waals surface area (Å²) in [6, 6.07) is 7.18. The first kappa shape index (κ1) is 19.9. The summed E-state index contributed by atoms with van der Waals surface area (Å²) in [7, 11) is 5.29. The second kappa shape index (κ2) is 8.54. The first-order valence-electron chi connectivity index (χ1n) is 9.65. The number of carbonyl (C=O) groups is 1. The van der Waals surface area contributed by atoms with Gasteiger partial charge >= 0.3 is 0 Å². The number of furan rings is 1. The highest BCUT2D eigenvalue weighted by Crippen LogP contribution is 2.28. The molecule has 1 saturated heterocycles. The number of benzene rings is 1. The van der Waals surface area contributed by atoms with Gasteiger partial charge in [-0.3, -0.25) is 4.79 Å². The van der Waals surface area contributed by atoms with Crippen molar-refractivity contribution in [3.63, 3.8) is 0 Å². The summed E-state index contributed by atoms with van der Waals surface area (Å²) in [6.07, 6.45) is 0. The Morgan fingerprint density at radius 1 is 1.23 bits per heavy atom. The normalized spacial score (nSPS) is 14.0. The molecule has 3 heterocycles. The van der Waals surface area contributed by atoms with Gasteiger partial charge in [-0.25, -0.2) is 0 Å². The average molecular weight is 412 g/mol. The smallest absolute Gasteiger partial charge is 0.287 e. The predicted molar refractivity (Wildman–Crippen MR) is 111 cm³/mol. The van der Waals surface area contributed by atoms with Gasteiger partial charge in [0.25, 0.3) is 5.91 Å². The van der Waals surface area contributed by atoms with E-state index in [-0.39, 0.29) is 18.2 Å². The number of nitrogens with one attached hydrogen (secondary N) is 1. The molecule has 1 fully saturated rings. The molecule has 10 nitrogen and oxygen atoms in total. The minimum Gasteiger partial charge on any atom is -0.493 e. The lowest BCUT2D eigenvalue weighted by molar-refractivity contribution is 0.0924. The molecule has 1 N–H and O–H groups in total. The van der Waals surface area contributed by atoms with Crippen LogP contribution < -0.4 is 19.9 Å². The minimum atomic E-state index is -0.354. The fourth-order valence-corrected chi connectivity index (χ4v) is 3.13. The van der Waals surface area contributed by atoms with Crippen molar-refractivity contribution in [3.05, 3.63) is 35.9 Å². The number of ether oxygens (including phenoxy) is 2. The van der Waals surface area contributed by atoms with Crippen LogP contribution in [0.2, 0.25) is 0 Å². The van der Waals surface area contributed by atoms with Crippen LogP contribution >= 0.6 is 0 Å². The number of carbonyl (C=O) groups excluding carboxylic acids is 1. The van der Waals surface area contributed by atoms with E-state index in [4.69, 9.17) is 13.9 Å². The standard InChI is InChI=1S/C20H24N6O4/c1-25(2)19-22-16(23-20(24-19)26-7-9-29-10-8-26)12-21-18(27)15-11-13-5-4-6-14(28-3)17(13)30-15/h4-6,11H,7-10,12H2,1-3H3,(H,21,27). The Labute approximate surface area is 173 Å². The van der Waals surface area contributed by atoms with Crippen LogP contribution in [0.4, 0.5) is 11.9 Å². The molecule has 30 heavy (non-hydrogen) atoms. The number of para-hydroxylation sites is 1. The fraction of sp³-hybridized carbons (Fsp3) is 0.400. The summed E-state index contributed by atoms with van der Waals surface area (Å²) < 4.78 is 16.4. The monoisotopic (exact) mass is 412 g/mol. The first-order valence-corrected chi connectivity index (χ1v) is 9.65. The highest BCUT2D eigenvalue weighted by molar-refractivity contribution is 5.97. The molecule has 0 unspecified atom stereocenters. The molecule has 0 atom stereocenters. The predicted octanol–water partition coefficient (Wildman–Crippen LogP) is 1.46. The number of amides is 1. The zero-order valence-corrected chi connectivity index (χ0v) is 17.2. The van der Waals surface area contributed by atoms with Gasteiger partial charge in [-0.15, -0.1) is 0 Å². The van der Waals surface area contributed by atoms with Crippen molar-refractivity contribution in [2.75, 3.05) is 57.3 Å². The van der Waals surface area contributed by atoms with Gasteiger partial charge < -0.3 is 29.0 Å².